The van der Waals surface area contributed by atoms with Gasteiger partial charge >= 0.3 is 0 Å². The standard InChI is InChI=1S/C23H28N2O3/c26-22(21-6-3-12-28-21)25-10-8-23(9-11-25)17-24(14-18-7-13-27-16-18)15-19-4-1-2-5-20(19)23/h1-6,12,18H,7-11,13-17H2/t18-/m0/s1. The molecule has 148 valence electrons. The predicted molar refractivity (Wildman–Crippen MR) is 106 cm³/mol. The van der Waals surface area contributed by atoms with Crippen LogP contribution in [0.2, 0.25) is 0 Å². The quantitative estimate of drug-likeness (QED) is 0.820. The van der Waals surface area contributed by atoms with E-state index in [0.29, 0.717) is 11.7 Å². The molecule has 3 aliphatic rings. The van der Waals surface area contributed by atoms with Crippen LogP contribution in [-0.4, -0.2) is 55.1 Å². The van der Waals surface area contributed by atoms with E-state index in [-0.39, 0.29) is 11.3 Å². The molecule has 0 saturated carbocycles. The van der Waals surface area contributed by atoms with Crippen molar-refractivity contribution in [1.29, 1.82) is 0 Å². The van der Waals surface area contributed by atoms with Gasteiger partial charge in [0.25, 0.3) is 5.91 Å². The Morgan fingerprint density at radius 3 is 2.75 bits per heavy atom. The van der Waals surface area contributed by atoms with Crippen LogP contribution in [0.5, 0.6) is 0 Å². The molecule has 3 aliphatic heterocycles. The highest BCUT2D eigenvalue weighted by molar-refractivity contribution is 5.91. The van der Waals surface area contributed by atoms with E-state index in [2.05, 4.69) is 29.2 Å². The van der Waals surface area contributed by atoms with Crippen LogP contribution >= 0.6 is 0 Å². The van der Waals surface area contributed by atoms with Crippen LogP contribution in [0.1, 0.15) is 40.9 Å². The first-order chi connectivity index (χ1) is 13.7. The van der Waals surface area contributed by atoms with Gasteiger partial charge in [0.1, 0.15) is 0 Å². The summed E-state index contributed by atoms with van der Waals surface area (Å²) in [6.07, 6.45) is 4.76. The molecular weight excluding hydrogens is 352 g/mol. The predicted octanol–water partition coefficient (Wildman–Crippen LogP) is 3.31. The number of nitrogens with zero attached hydrogens (tertiary/aromatic N) is 2. The van der Waals surface area contributed by atoms with Gasteiger partial charge in [-0.25, -0.2) is 0 Å². The summed E-state index contributed by atoms with van der Waals surface area (Å²) in [5.74, 6) is 1.12. The third-order valence-corrected chi connectivity index (χ3v) is 6.79. The van der Waals surface area contributed by atoms with Gasteiger partial charge in [0.15, 0.2) is 5.76 Å². The summed E-state index contributed by atoms with van der Waals surface area (Å²) in [6, 6.07) is 12.5. The van der Waals surface area contributed by atoms with Gasteiger partial charge in [0, 0.05) is 44.7 Å². The third-order valence-electron chi connectivity index (χ3n) is 6.79. The zero-order valence-electron chi connectivity index (χ0n) is 16.3. The van der Waals surface area contributed by atoms with Gasteiger partial charge in [-0.3, -0.25) is 9.69 Å². The monoisotopic (exact) mass is 380 g/mol. The second kappa shape index (κ2) is 7.37. The highest BCUT2D eigenvalue weighted by Crippen LogP contribution is 2.42. The summed E-state index contributed by atoms with van der Waals surface area (Å²) in [6.45, 7) is 6.61. The Morgan fingerprint density at radius 2 is 2.00 bits per heavy atom. The fourth-order valence-electron chi connectivity index (χ4n) is 5.33. The number of ether oxygens (including phenoxy) is 1. The van der Waals surface area contributed by atoms with Crippen LogP contribution in [0, 0.1) is 5.92 Å². The Morgan fingerprint density at radius 1 is 1.14 bits per heavy atom. The van der Waals surface area contributed by atoms with E-state index < -0.39 is 0 Å². The summed E-state index contributed by atoms with van der Waals surface area (Å²) < 4.78 is 10.9. The molecule has 0 bridgehead atoms. The number of rotatable bonds is 3. The van der Waals surface area contributed by atoms with Crippen molar-refractivity contribution >= 4 is 5.91 Å². The van der Waals surface area contributed by atoms with Gasteiger partial charge < -0.3 is 14.1 Å². The van der Waals surface area contributed by atoms with E-state index in [4.69, 9.17) is 9.15 Å². The molecule has 2 saturated heterocycles. The lowest BCUT2D eigenvalue weighted by Gasteiger charge is -2.49. The van der Waals surface area contributed by atoms with Crippen molar-refractivity contribution in [2.24, 2.45) is 5.92 Å². The molecule has 5 rings (SSSR count). The van der Waals surface area contributed by atoms with Crippen LogP contribution in [0.3, 0.4) is 0 Å². The first-order valence-electron chi connectivity index (χ1n) is 10.4. The van der Waals surface area contributed by atoms with Gasteiger partial charge in [0.2, 0.25) is 0 Å². The second-order valence-corrected chi connectivity index (χ2v) is 8.61. The molecule has 0 unspecified atom stereocenters. The number of hydrogen-bond donors (Lipinski definition) is 0. The summed E-state index contributed by atoms with van der Waals surface area (Å²) >= 11 is 0. The number of fused-ring (bicyclic) bond motifs is 2. The summed E-state index contributed by atoms with van der Waals surface area (Å²) in [7, 11) is 0. The molecule has 5 nitrogen and oxygen atoms in total. The Kier molecular flexibility index (Phi) is 4.73. The van der Waals surface area contributed by atoms with Crippen LogP contribution in [0.25, 0.3) is 0 Å². The van der Waals surface area contributed by atoms with Crippen LogP contribution in [-0.2, 0) is 16.7 Å². The second-order valence-electron chi connectivity index (χ2n) is 8.61. The molecule has 0 radical (unpaired) electrons. The lowest BCUT2D eigenvalue weighted by Crippen LogP contribution is -2.53. The molecule has 28 heavy (non-hydrogen) atoms. The molecule has 1 aromatic carbocycles. The highest BCUT2D eigenvalue weighted by atomic mass is 16.5. The zero-order chi connectivity index (χ0) is 19.0. The lowest BCUT2D eigenvalue weighted by atomic mass is 9.68. The van der Waals surface area contributed by atoms with E-state index in [1.807, 2.05) is 4.90 Å². The van der Waals surface area contributed by atoms with Crippen molar-refractivity contribution in [3.63, 3.8) is 0 Å². The fourth-order valence-corrected chi connectivity index (χ4v) is 5.33. The molecule has 2 aromatic rings. The topological polar surface area (TPSA) is 45.9 Å². The smallest absolute Gasteiger partial charge is 0.289 e. The molecule has 1 amide bonds. The maximum atomic E-state index is 12.7. The number of benzene rings is 1. The van der Waals surface area contributed by atoms with Gasteiger partial charge in [-0.1, -0.05) is 24.3 Å². The first kappa shape index (κ1) is 18.0. The van der Waals surface area contributed by atoms with E-state index in [1.54, 1.807) is 18.4 Å². The first-order valence-corrected chi connectivity index (χ1v) is 10.4. The fraction of sp³-hybridized carbons (Fsp3) is 0.522. The van der Waals surface area contributed by atoms with Crippen molar-refractivity contribution < 1.29 is 13.9 Å². The minimum atomic E-state index is 0.0175. The minimum Gasteiger partial charge on any atom is -0.459 e. The van der Waals surface area contributed by atoms with E-state index in [0.717, 1.165) is 58.8 Å². The maximum absolute atomic E-state index is 12.7. The summed E-state index contributed by atoms with van der Waals surface area (Å²) in [5, 5.41) is 0. The van der Waals surface area contributed by atoms with Gasteiger partial charge in [0.05, 0.1) is 12.9 Å². The molecule has 2 fully saturated rings. The van der Waals surface area contributed by atoms with E-state index in [9.17, 15) is 4.79 Å². The zero-order valence-corrected chi connectivity index (χ0v) is 16.3. The van der Waals surface area contributed by atoms with Crippen molar-refractivity contribution in [2.75, 3.05) is 39.4 Å². The number of hydrogen-bond acceptors (Lipinski definition) is 4. The molecule has 1 spiro atoms. The van der Waals surface area contributed by atoms with Crippen LogP contribution in [0.4, 0.5) is 0 Å². The summed E-state index contributed by atoms with van der Waals surface area (Å²) in [5.41, 5.74) is 3.10. The molecule has 5 heteroatoms. The van der Waals surface area contributed by atoms with Crippen molar-refractivity contribution in [1.82, 2.24) is 9.80 Å². The van der Waals surface area contributed by atoms with Gasteiger partial charge in [-0.2, -0.15) is 0 Å². The van der Waals surface area contributed by atoms with E-state index in [1.165, 1.54) is 17.5 Å². The molecular formula is C23H28N2O3. The normalized spacial score (nSPS) is 24.4. The molecule has 1 atom stereocenters. The number of carbonyl (C=O) groups excluding carboxylic acids is 1. The Balaban J connectivity index is 1.35. The molecule has 1 aromatic heterocycles. The average Bonchev–Trinajstić information content (AvgIpc) is 3.42. The van der Waals surface area contributed by atoms with Crippen molar-refractivity contribution in [3.8, 4) is 0 Å². The maximum Gasteiger partial charge on any atom is 0.289 e. The number of carbonyl (C=O) groups is 1. The number of likely N-dealkylation sites (tertiary alicyclic amines) is 1. The Bertz CT molecular complexity index is 818. The Hall–Kier alpha value is -2.11. The van der Waals surface area contributed by atoms with Crippen molar-refractivity contribution in [3.05, 3.63) is 59.5 Å². The Labute approximate surface area is 166 Å². The third kappa shape index (κ3) is 3.27. The highest BCUT2D eigenvalue weighted by Gasteiger charge is 2.43. The SMILES string of the molecule is O=C(c1ccco1)N1CCC2(CC1)CN(C[C@@H]1CCOC1)Cc1ccccc12. The van der Waals surface area contributed by atoms with Crippen LogP contribution in [0.15, 0.2) is 47.1 Å². The van der Waals surface area contributed by atoms with Gasteiger partial charge in [-0.05, 0) is 48.4 Å². The van der Waals surface area contributed by atoms with Crippen molar-refractivity contribution in [2.45, 2.75) is 31.2 Å². The van der Waals surface area contributed by atoms with Gasteiger partial charge in [-0.15, -0.1) is 0 Å². The average molecular weight is 380 g/mol. The number of piperidine rings is 1. The molecule has 4 heterocycles. The largest absolute Gasteiger partial charge is 0.459 e. The summed E-state index contributed by atoms with van der Waals surface area (Å²) in [4.78, 5) is 17.3. The minimum absolute atomic E-state index is 0.0175. The number of furan rings is 1. The van der Waals surface area contributed by atoms with E-state index >= 15 is 0 Å². The lowest BCUT2D eigenvalue weighted by molar-refractivity contribution is 0.0545. The number of amides is 1. The van der Waals surface area contributed by atoms with Crippen LogP contribution < -0.4 is 0 Å². The molecule has 0 N–H and O–H groups in total. The molecule has 0 aliphatic carbocycles.